The molecule has 3 aromatic rings. The Balaban J connectivity index is 1.48. The van der Waals surface area contributed by atoms with E-state index in [2.05, 4.69) is 34.3 Å². The number of nitrogens with zero attached hydrogens (tertiary/aromatic N) is 4. The monoisotopic (exact) mass is 320 g/mol. The predicted octanol–water partition coefficient (Wildman–Crippen LogP) is 2.67. The quantitative estimate of drug-likeness (QED) is 0.745. The van der Waals surface area contributed by atoms with Gasteiger partial charge in [-0.3, -0.25) is 14.5 Å². The number of carbonyl (C=O) groups is 1. The van der Waals surface area contributed by atoms with Crippen LogP contribution >= 0.6 is 0 Å². The Morgan fingerprint density at radius 1 is 1.25 bits per heavy atom. The Morgan fingerprint density at radius 2 is 2.12 bits per heavy atom. The molecule has 1 aliphatic rings. The summed E-state index contributed by atoms with van der Waals surface area (Å²) in [4.78, 5) is 19.0. The number of rotatable bonds is 3. The summed E-state index contributed by atoms with van der Waals surface area (Å²) in [5.74, 6) is 0.513. The summed E-state index contributed by atoms with van der Waals surface area (Å²) in [5.41, 5.74) is 2.88. The number of hydrogen-bond donors (Lipinski definition) is 0. The van der Waals surface area contributed by atoms with Crippen molar-refractivity contribution in [3.8, 4) is 0 Å². The molecule has 0 unspecified atom stereocenters. The second-order valence-electron chi connectivity index (χ2n) is 6.48. The van der Waals surface area contributed by atoms with Crippen molar-refractivity contribution in [3.63, 3.8) is 0 Å². The zero-order valence-corrected chi connectivity index (χ0v) is 13.7. The van der Waals surface area contributed by atoms with Crippen LogP contribution in [0.4, 0.5) is 0 Å². The molecule has 1 saturated heterocycles. The van der Waals surface area contributed by atoms with Crippen LogP contribution in [0.25, 0.3) is 10.9 Å². The number of para-hydroxylation sites is 1. The number of fused-ring (bicyclic) bond motifs is 1. The van der Waals surface area contributed by atoms with E-state index in [-0.39, 0.29) is 5.91 Å². The molecule has 5 heteroatoms. The molecule has 1 amide bonds. The maximum Gasteiger partial charge on any atom is 0.274 e. The number of pyridine rings is 1. The van der Waals surface area contributed by atoms with Crippen LogP contribution in [0.2, 0.25) is 0 Å². The van der Waals surface area contributed by atoms with Crippen molar-refractivity contribution < 1.29 is 4.79 Å². The normalized spacial score (nSPS) is 17.5. The topological polar surface area (TPSA) is 51.0 Å². The molecule has 2 aromatic heterocycles. The average Bonchev–Trinajstić information content (AvgIpc) is 3.24. The molecule has 4 rings (SSSR count). The van der Waals surface area contributed by atoms with Gasteiger partial charge in [0.25, 0.3) is 5.91 Å². The van der Waals surface area contributed by atoms with Crippen LogP contribution in [0.3, 0.4) is 0 Å². The summed E-state index contributed by atoms with van der Waals surface area (Å²) >= 11 is 0. The highest BCUT2D eigenvalue weighted by molar-refractivity contribution is 5.92. The van der Waals surface area contributed by atoms with E-state index in [9.17, 15) is 4.79 Å². The van der Waals surface area contributed by atoms with Gasteiger partial charge in [0.15, 0.2) is 0 Å². The van der Waals surface area contributed by atoms with E-state index >= 15 is 0 Å². The lowest BCUT2D eigenvalue weighted by atomic mass is 9.97. The fraction of sp³-hybridized carbons (Fsp3) is 0.316. The minimum atomic E-state index is 0.0362. The molecule has 0 aliphatic carbocycles. The maximum atomic E-state index is 12.5. The summed E-state index contributed by atoms with van der Waals surface area (Å²) in [7, 11) is 1.83. The van der Waals surface area contributed by atoms with Crippen molar-refractivity contribution in [2.75, 3.05) is 13.1 Å². The van der Waals surface area contributed by atoms with Gasteiger partial charge in [-0.05, 0) is 36.5 Å². The summed E-state index contributed by atoms with van der Waals surface area (Å²) in [6.07, 6.45) is 5.64. The molecule has 5 nitrogen and oxygen atoms in total. The third-order valence-corrected chi connectivity index (χ3v) is 4.73. The van der Waals surface area contributed by atoms with Gasteiger partial charge in [-0.25, -0.2) is 0 Å². The van der Waals surface area contributed by atoms with E-state index in [1.165, 1.54) is 10.9 Å². The van der Waals surface area contributed by atoms with E-state index < -0.39 is 0 Å². The molecule has 0 spiro atoms. The van der Waals surface area contributed by atoms with Crippen LogP contribution in [0.15, 0.2) is 48.8 Å². The minimum Gasteiger partial charge on any atom is -0.337 e. The first-order chi connectivity index (χ1) is 11.7. The molecule has 0 saturated carbocycles. The number of amides is 1. The third kappa shape index (κ3) is 2.77. The molecule has 1 atom stereocenters. The van der Waals surface area contributed by atoms with E-state index in [1.807, 2.05) is 30.4 Å². The Labute approximate surface area is 140 Å². The molecule has 0 bridgehead atoms. The molecule has 1 fully saturated rings. The lowest BCUT2D eigenvalue weighted by Gasteiger charge is -2.15. The molecular formula is C19H20N4O. The molecule has 1 aliphatic heterocycles. The van der Waals surface area contributed by atoms with Crippen molar-refractivity contribution in [3.05, 3.63) is 60.0 Å². The molecule has 122 valence electrons. The number of likely N-dealkylation sites (tertiary alicyclic amines) is 1. The fourth-order valence-electron chi connectivity index (χ4n) is 3.52. The molecule has 3 heterocycles. The molecular weight excluding hydrogens is 300 g/mol. The Hall–Kier alpha value is -2.69. The largest absolute Gasteiger partial charge is 0.337 e. The van der Waals surface area contributed by atoms with Crippen LogP contribution in [-0.4, -0.2) is 38.7 Å². The van der Waals surface area contributed by atoms with Crippen LogP contribution in [-0.2, 0) is 13.5 Å². The van der Waals surface area contributed by atoms with Gasteiger partial charge >= 0.3 is 0 Å². The van der Waals surface area contributed by atoms with Crippen molar-refractivity contribution in [1.29, 1.82) is 0 Å². The van der Waals surface area contributed by atoms with Gasteiger partial charge < -0.3 is 4.90 Å². The van der Waals surface area contributed by atoms with E-state index in [4.69, 9.17) is 0 Å². The van der Waals surface area contributed by atoms with Crippen molar-refractivity contribution in [2.45, 2.75) is 12.8 Å². The number of aromatic nitrogens is 3. The van der Waals surface area contributed by atoms with Crippen molar-refractivity contribution in [2.24, 2.45) is 13.0 Å². The summed E-state index contributed by atoms with van der Waals surface area (Å²) in [6, 6.07) is 12.2. The second kappa shape index (κ2) is 6.07. The summed E-state index contributed by atoms with van der Waals surface area (Å²) in [5, 5.41) is 5.40. The van der Waals surface area contributed by atoms with Gasteiger partial charge in [0.05, 0.1) is 5.52 Å². The second-order valence-corrected chi connectivity index (χ2v) is 6.48. The number of benzene rings is 1. The zero-order valence-electron chi connectivity index (χ0n) is 13.7. The zero-order chi connectivity index (χ0) is 16.5. The predicted molar refractivity (Wildman–Crippen MR) is 92.7 cm³/mol. The maximum absolute atomic E-state index is 12.5. The first-order valence-electron chi connectivity index (χ1n) is 8.32. The van der Waals surface area contributed by atoms with Crippen LogP contribution < -0.4 is 0 Å². The molecule has 1 aromatic carbocycles. The minimum absolute atomic E-state index is 0.0362. The molecule has 24 heavy (non-hydrogen) atoms. The SMILES string of the molecule is Cn1ccc(C(=O)N2CC[C@@H](Cc3cccc4cccnc34)C2)n1. The highest BCUT2D eigenvalue weighted by atomic mass is 16.2. The Kier molecular flexibility index (Phi) is 3.76. The van der Waals surface area contributed by atoms with Gasteiger partial charge in [-0.1, -0.05) is 24.3 Å². The standard InChI is InChI=1S/C19H20N4O/c1-22-10-8-17(21-22)19(24)23-11-7-14(13-23)12-16-5-2-4-15-6-3-9-20-18(15)16/h2-6,8-10,14H,7,11-13H2,1H3/t14-/m0/s1. The number of aryl methyl sites for hydroxylation is 1. The lowest BCUT2D eigenvalue weighted by molar-refractivity contribution is 0.0780. The van der Waals surface area contributed by atoms with Crippen LogP contribution in [0, 0.1) is 5.92 Å². The highest BCUT2D eigenvalue weighted by Crippen LogP contribution is 2.25. The first-order valence-corrected chi connectivity index (χ1v) is 8.32. The number of hydrogen-bond acceptors (Lipinski definition) is 3. The highest BCUT2D eigenvalue weighted by Gasteiger charge is 2.28. The van der Waals surface area contributed by atoms with Crippen LogP contribution in [0.5, 0.6) is 0 Å². The van der Waals surface area contributed by atoms with E-state index in [0.29, 0.717) is 11.6 Å². The Morgan fingerprint density at radius 3 is 2.96 bits per heavy atom. The fourth-order valence-corrected chi connectivity index (χ4v) is 3.52. The lowest BCUT2D eigenvalue weighted by Crippen LogP contribution is -2.29. The molecule has 0 radical (unpaired) electrons. The summed E-state index contributed by atoms with van der Waals surface area (Å²) in [6.45, 7) is 1.59. The van der Waals surface area contributed by atoms with Gasteiger partial charge in [-0.2, -0.15) is 5.10 Å². The number of carbonyl (C=O) groups excluding carboxylic acids is 1. The van der Waals surface area contributed by atoms with E-state index in [1.54, 1.807) is 10.7 Å². The van der Waals surface area contributed by atoms with Gasteiger partial charge in [0.1, 0.15) is 5.69 Å². The van der Waals surface area contributed by atoms with Gasteiger partial charge in [-0.15, -0.1) is 0 Å². The van der Waals surface area contributed by atoms with Crippen molar-refractivity contribution in [1.82, 2.24) is 19.7 Å². The summed E-state index contributed by atoms with van der Waals surface area (Å²) < 4.78 is 1.67. The first kappa shape index (κ1) is 14.9. The molecule has 0 N–H and O–H groups in total. The van der Waals surface area contributed by atoms with Crippen molar-refractivity contribution >= 4 is 16.8 Å². The average molecular weight is 320 g/mol. The Bertz CT molecular complexity index is 880. The van der Waals surface area contributed by atoms with Gasteiger partial charge in [0.2, 0.25) is 0 Å². The van der Waals surface area contributed by atoms with E-state index in [0.717, 1.165) is 31.4 Å². The van der Waals surface area contributed by atoms with Crippen LogP contribution in [0.1, 0.15) is 22.5 Å². The van der Waals surface area contributed by atoms with Gasteiger partial charge in [0, 0.05) is 37.9 Å². The smallest absolute Gasteiger partial charge is 0.274 e. The third-order valence-electron chi connectivity index (χ3n) is 4.73.